The van der Waals surface area contributed by atoms with Gasteiger partial charge in [0.2, 0.25) is 5.91 Å². The number of sulfone groups is 1. The van der Waals surface area contributed by atoms with Gasteiger partial charge in [-0.15, -0.1) is 12.4 Å². The van der Waals surface area contributed by atoms with E-state index in [1.54, 1.807) is 4.90 Å². The second kappa shape index (κ2) is 9.39. The second-order valence-corrected chi connectivity index (χ2v) is 8.45. The fraction of sp³-hybridized carbons (Fsp3) is 0.588. The number of unbranched alkanes of at least 4 members (excludes halogenated alkanes) is 1. The van der Waals surface area contributed by atoms with Crippen LogP contribution in [0.15, 0.2) is 30.3 Å². The van der Waals surface area contributed by atoms with Gasteiger partial charge < -0.3 is 10.6 Å². The maximum absolute atomic E-state index is 12.7. The van der Waals surface area contributed by atoms with Gasteiger partial charge in [-0.05, 0) is 18.4 Å². The molecule has 0 radical (unpaired) electrons. The quantitative estimate of drug-likeness (QED) is 0.794. The Kier molecular flexibility index (Phi) is 8.19. The molecule has 2 atom stereocenters. The minimum Gasteiger partial charge on any atom is -0.339 e. The van der Waals surface area contributed by atoms with Crippen LogP contribution in [0.25, 0.3) is 0 Å². The van der Waals surface area contributed by atoms with Gasteiger partial charge in [0.05, 0.1) is 11.5 Å². The fourth-order valence-electron chi connectivity index (χ4n) is 2.98. The summed E-state index contributed by atoms with van der Waals surface area (Å²) < 4.78 is 23.4. The average Bonchev–Trinajstić information content (AvgIpc) is 2.88. The Labute approximate surface area is 150 Å². The highest BCUT2D eigenvalue weighted by molar-refractivity contribution is 7.91. The number of hydrogen-bond donors (Lipinski definition) is 1. The number of carbonyl (C=O) groups is 1. The Morgan fingerprint density at radius 3 is 2.54 bits per heavy atom. The lowest BCUT2D eigenvalue weighted by Crippen LogP contribution is -2.42. The molecule has 2 unspecified atom stereocenters. The van der Waals surface area contributed by atoms with E-state index in [0.29, 0.717) is 13.0 Å². The fourth-order valence-corrected chi connectivity index (χ4v) is 4.71. The summed E-state index contributed by atoms with van der Waals surface area (Å²) in [4.78, 5) is 14.4. The van der Waals surface area contributed by atoms with Crippen molar-refractivity contribution in [1.82, 2.24) is 4.90 Å². The molecule has 0 spiro atoms. The van der Waals surface area contributed by atoms with Crippen molar-refractivity contribution in [3.63, 3.8) is 0 Å². The molecule has 0 saturated carbocycles. The predicted octanol–water partition coefficient (Wildman–Crippen LogP) is 2.31. The summed E-state index contributed by atoms with van der Waals surface area (Å²) in [5.74, 6) is 0.221. The van der Waals surface area contributed by atoms with Gasteiger partial charge in [0.15, 0.2) is 9.84 Å². The Balaban J connectivity index is 0.00000288. The summed E-state index contributed by atoms with van der Waals surface area (Å²) in [7, 11) is -3.00. The van der Waals surface area contributed by atoms with Crippen LogP contribution < -0.4 is 5.73 Å². The Morgan fingerprint density at radius 1 is 1.33 bits per heavy atom. The Morgan fingerprint density at radius 2 is 2.00 bits per heavy atom. The molecular weight excluding hydrogens is 348 g/mol. The van der Waals surface area contributed by atoms with Crippen molar-refractivity contribution in [2.45, 2.75) is 44.7 Å². The number of rotatable bonds is 7. The van der Waals surface area contributed by atoms with Crippen LogP contribution in [0.5, 0.6) is 0 Å². The van der Waals surface area contributed by atoms with Gasteiger partial charge in [-0.3, -0.25) is 4.79 Å². The van der Waals surface area contributed by atoms with Gasteiger partial charge >= 0.3 is 0 Å². The molecule has 0 aromatic heterocycles. The average molecular weight is 375 g/mol. The molecule has 1 aromatic carbocycles. The zero-order chi connectivity index (χ0) is 16.9. The van der Waals surface area contributed by atoms with Crippen LogP contribution >= 0.6 is 12.4 Å². The third-order valence-corrected chi connectivity index (χ3v) is 6.09. The maximum Gasteiger partial charge on any atom is 0.224 e. The molecule has 2 N–H and O–H groups in total. The van der Waals surface area contributed by atoms with E-state index in [9.17, 15) is 13.2 Å². The highest BCUT2D eigenvalue weighted by atomic mass is 35.5. The predicted molar refractivity (Wildman–Crippen MR) is 98.9 cm³/mol. The van der Waals surface area contributed by atoms with Crippen molar-refractivity contribution in [2.75, 3.05) is 18.1 Å². The third-order valence-electron chi connectivity index (χ3n) is 4.34. The molecule has 1 saturated heterocycles. The minimum absolute atomic E-state index is 0. The molecule has 1 fully saturated rings. The topological polar surface area (TPSA) is 80.5 Å². The number of nitrogens with zero attached hydrogens (tertiary/aromatic N) is 1. The molecule has 2 rings (SSSR count). The number of benzene rings is 1. The van der Waals surface area contributed by atoms with Crippen LogP contribution in [-0.4, -0.2) is 43.3 Å². The SMILES string of the molecule is CCCCN(C(=O)CC(N)c1ccccc1)C1CCS(=O)(=O)C1.Cl. The Hall–Kier alpha value is -1.11. The maximum atomic E-state index is 12.7. The molecule has 1 amide bonds. The lowest BCUT2D eigenvalue weighted by atomic mass is 10.0. The molecule has 136 valence electrons. The molecule has 1 aliphatic heterocycles. The van der Waals surface area contributed by atoms with Gasteiger partial charge in [0.1, 0.15) is 0 Å². The molecule has 5 nitrogen and oxygen atoms in total. The minimum atomic E-state index is -3.00. The molecule has 1 heterocycles. The highest BCUT2D eigenvalue weighted by Gasteiger charge is 2.34. The number of halogens is 1. The van der Waals surface area contributed by atoms with Crippen molar-refractivity contribution in [3.8, 4) is 0 Å². The van der Waals surface area contributed by atoms with E-state index in [1.807, 2.05) is 30.3 Å². The normalized spacial score (nSPS) is 20.2. The first-order valence-electron chi connectivity index (χ1n) is 8.23. The molecule has 0 aliphatic carbocycles. The zero-order valence-corrected chi connectivity index (χ0v) is 15.7. The van der Waals surface area contributed by atoms with Crippen LogP contribution in [0.3, 0.4) is 0 Å². The number of nitrogens with two attached hydrogens (primary N) is 1. The number of hydrogen-bond acceptors (Lipinski definition) is 4. The van der Waals surface area contributed by atoms with E-state index in [1.165, 1.54) is 0 Å². The smallest absolute Gasteiger partial charge is 0.224 e. The van der Waals surface area contributed by atoms with Crippen LogP contribution in [-0.2, 0) is 14.6 Å². The number of amides is 1. The van der Waals surface area contributed by atoms with Gasteiger partial charge in [-0.25, -0.2) is 8.42 Å². The molecular formula is C17H27ClN2O3S. The zero-order valence-electron chi connectivity index (χ0n) is 14.1. The van der Waals surface area contributed by atoms with Crippen LogP contribution in [0.2, 0.25) is 0 Å². The summed E-state index contributed by atoms with van der Waals surface area (Å²) in [6.45, 7) is 2.67. The molecule has 7 heteroatoms. The van der Waals surface area contributed by atoms with Gasteiger partial charge in [0.25, 0.3) is 0 Å². The summed E-state index contributed by atoms with van der Waals surface area (Å²) >= 11 is 0. The van der Waals surface area contributed by atoms with Gasteiger partial charge in [-0.2, -0.15) is 0 Å². The van der Waals surface area contributed by atoms with E-state index in [4.69, 9.17) is 5.73 Å². The molecule has 1 aromatic rings. The van der Waals surface area contributed by atoms with Crippen molar-refractivity contribution in [1.29, 1.82) is 0 Å². The third kappa shape index (κ3) is 5.76. The molecule has 24 heavy (non-hydrogen) atoms. The standard InChI is InChI=1S/C17H26N2O3S.ClH/c1-2-3-10-19(15-9-11-23(21,22)13-15)17(20)12-16(18)14-7-5-4-6-8-14;/h4-8,15-16H,2-3,9-13,18H2,1H3;1H. The molecule has 0 bridgehead atoms. The van der Waals surface area contributed by atoms with Crippen molar-refractivity contribution in [3.05, 3.63) is 35.9 Å². The first-order valence-corrected chi connectivity index (χ1v) is 10.1. The summed E-state index contributed by atoms with van der Waals surface area (Å²) in [5, 5.41) is 0. The van der Waals surface area contributed by atoms with Crippen LogP contribution in [0.1, 0.15) is 44.2 Å². The lowest BCUT2D eigenvalue weighted by Gasteiger charge is -2.29. The van der Waals surface area contributed by atoms with E-state index in [-0.39, 0.29) is 48.3 Å². The summed E-state index contributed by atoms with van der Waals surface area (Å²) in [6.07, 6.45) is 2.60. The number of carbonyl (C=O) groups excluding carboxylic acids is 1. The summed E-state index contributed by atoms with van der Waals surface area (Å²) in [6, 6.07) is 8.99. The largest absolute Gasteiger partial charge is 0.339 e. The first-order chi connectivity index (χ1) is 10.9. The van der Waals surface area contributed by atoms with Crippen LogP contribution in [0, 0.1) is 0 Å². The highest BCUT2D eigenvalue weighted by Crippen LogP contribution is 2.22. The van der Waals surface area contributed by atoms with E-state index in [2.05, 4.69) is 6.92 Å². The molecule has 1 aliphatic rings. The Bertz CT molecular complexity index is 622. The first kappa shape index (κ1) is 20.9. The monoisotopic (exact) mass is 374 g/mol. The van der Waals surface area contributed by atoms with E-state index < -0.39 is 9.84 Å². The second-order valence-electron chi connectivity index (χ2n) is 6.22. The van der Waals surface area contributed by atoms with Gasteiger partial charge in [0, 0.05) is 25.0 Å². The van der Waals surface area contributed by atoms with Crippen molar-refractivity contribution >= 4 is 28.2 Å². The lowest BCUT2D eigenvalue weighted by molar-refractivity contribution is -0.133. The van der Waals surface area contributed by atoms with Crippen molar-refractivity contribution in [2.24, 2.45) is 5.73 Å². The van der Waals surface area contributed by atoms with Gasteiger partial charge in [-0.1, -0.05) is 43.7 Å². The van der Waals surface area contributed by atoms with E-state index in [0.717, 1.165) is 18.4 Å². The van der Waals surface area contributed by atoms with E-state index >= 15 is 0 Å². The van der Waals surface area contributed by atoms with Crippen molar-refractivity contribution < 1.29 is 13.2 Å². The summed E-state index contributed by atoms with van der Waals surface area (Å²) in [5.41, 5.74) is 7.07. The van der Waals surface area contributed by atoms with Crippen LogP contribution in [0.4, 0.5) is 0 Å².